The number of guanidine groups is 1. The first-order chi connectivity index (χ1) is 13.7. The molecule has 2 saturated heterocycles. The van der Waals surface area contributed by atoms with Crippen LogP contribution in [0, 0.1) is 5.92 Å². The Hall–Kier alpha value is -0.860. The lowest BCUT2D eigenvalue weighted by molar-refractivity contribution is 0.258. The topological polar surface area (TPSA) is 42.9 Å². The molecule has 1 aliphatic carbocycles. The predicted octanol–water partition coefficient (Wildman–Crippen LogP) is 3.31. The van der Waals surface area contributed by atoms with Crippen molar-refractivity contribution in [2.45, 2.75) is 64.2 Å². The van der Waals surface area contributed by atoms with Crippen LogP contribution in [0.2, 0.25) is 0 Å². The van der Waals surface area contributed by atoms with Crippen LogP contribution in [0.4, 0.5) is 0 Å². The highest BCUT2D eigenvalue weighted by atomic mass is 127. The molecular formula is C23H38IN5. The van der Waals surface area contributed by atoms with Crippen molar-refractivity contribution < 1.29 is 0 Å². The van der Waals surface area contributed by atoms with Gasteiger partial charge in [0.2, 0.25) is 0 Å². The Bertz CT molecular complexity index is 648. The van der Waals surface area contributed by atoms with Crippen molar-refractivity contribution in [1.29, 1.82) is 0 Å². The standard InChI is InChI=1S/C23H37N5.HI/c1-3-24-23(25-14-20-11-12-27(16-20)22-9-10-22)26-21-13-18(2)28(17-21)15-19-7-5-4-6-8-19;/h4-8,18,20-22H,3,9-17H2,1-2H3,(H2,24,25,26);1H. The smallest absolute Gasteiger partial charge is 0.191 e. The molecule has 1 saturated carbocycles. The Morgan fingerprint density at radius 3 is 2.66 bits per heavy atom. The second-order valence-electron chi connectivity index (χ2n) is 8.94. The third-order valence-electron chi connectivity index (χ3n) is 6.51. The number of hydrogen-bond donors (Lipinski definition) is 2. The quantitative estimate of drug-likeness (QED) is 0.335. The number of benzene rings is 1. The summed E-state index contributed by atoms with van der Waals surface area (Å²) < 4.78 is 0. The summed E-state index contributed by atoms with van der Waals surface area (Å²) in [5.74, 6) is 1.74. The summed E-state index contributed by atoms with van der Waals surface area (Å²) in [4.78, 5) is 10.2. The molecule has 1 aromatic carbocycles. The first-order valence-electron chi connectivity index (χ1n) is 11.3. The number of nitrogens with zero attached hydrogens (tertiary/aromatic N) is 3. The highest BCUT2D eigenvalue weighted by Gasteiger charge is 2.34. The maximum absolute atomic E-state index is 4.96. The minimum absolute atomic E-state index is 0. The molecular weight excluding hydrogens is 473 g/mol. The normalized spacial score (nSPS) is 28.3. The van der Waals surface area contributed by atoms with Crippen LogP contribution in [-0.2, 0) is 6.54 Å². The number of nitrogens with one attached hydrogen (secondary N) is 2. The molecule has 0 amide bonds. The van der Waals surface area contributed by atoms with Crippen molar-refractivity contribution in [3.05, 3.63) is 35.9 Å². The van der Waals surface area contributed by atoms with Gasteiger partial charge < -0.3 is 15.5 Å². The van der Waals surface area contributed by atoms with Gasteiger partial charge in [0.25, 0.3) is 0 Å². The van der Waals surface area contributed by atoms with Gasteiger partial charge in [0.1, 0.15) is 0 Å². The van der Waals surface area contributed by atoms with E-state index in [9.17, 15) is 0 Å². The Balaban J connectivity index is 0.00000240. The Kier molecular flexibility index (Phi) is 8.62. The molecule has 2 N–H and O–H groups in total. The van der Waals surface area contributed by atoms with E-state index in [-0.39, 0.29) is 24.0 Å². The van der Waals surface area contributed by atoms with E-state index in [1.54, 1.807) is 0 Å². The van der Waals surface area contributed by atoms with E-state index >= 15 is 0 Å². The summed E-state index contributed by atoms with van der Waals surface area (Å²) >= 11 is 0. The zero-order valence-corrected chi connectivity index (χ0v) is 20.3. The van der Waals surface area contributed by atoms with E-state index in [2.05, 4.69) is 64.6 Å². The zero-order valence-electron chi connectivity index (χ0n) is 18.0. The fourth-order valence-corrected chi connectivity index (χ4v) is 4.76. The van der Waals surface area contributed by atoms with Crippen LogP contribution < -0.4 is 10.6 Å². The molecule has 2 heterocycles. The third-order valence-corrected chi connectivity index (χ3v) is 6.51. The van der Waals surface area contributed by atoms with Crippen LogP contribution in [0.15, 0.2) is 35.3 Å². The predicted molar refractivity (Wildman–Crippen MR) is 132 cm³/mol. The highest BCUT2D eigenvalue weighted by Crippen LogP contribution is 2.31. The summed E-state index contributed by atoms with van der Waals surface area (Å²) in [6.07, 6.45) is 5.32. The Morgan fingerprint density at radius 2 is 1.93 bits per heavy atom. The lowest BCUT2D eigenvalue weighted by Gasteiger charge is -2.21. The Labute approximate surface area is 193 Å². The van der Waals surface area contributed by atoms with Gasteiger partial charge in [-0.05, 0) is 57.6 Å². The molecule has 162 valence electrons. The van der Waals surface area contributed by atoms with Crippen molar-refractivity contribution in [2.75, 3.05) is 32.7 Å². The molecule has 29 heavy (non-hydrogen) atoms. The highest BCUT2D eigenvalue weighted by molar-refractivity contribution is 14.0. The van der Waals surface area contributed by atoms with Gasteiger partial charge in [0.05, 0.1) is 0 Å². The van der Waals surface area contributed by atoms with E-state index in [4.69, 9.17) is 4.99 Å². The van der Waals surface area contributed by atoms with E-state index in [0.717, 1.165) is 44.1 Å². The molecule has 4 rings (SSSR count). The average Bonchev–Trinajstić information content (AvgIpc) is 3.34. The second kappa shape index (κ2) is 11.0. The fraction of sp³-hybridized carbons (Fsp3) is 0.696. The molecule has 0 aromatic heterocycles. The average molecular weight is 511 g/mol. The van der Waals surface area contributed by atoms with Gasteiger partial charge in [-0.2, -0.15) is 0 Å². The van der Waals surface area contributed by atoms with Crippen LogP contribution >= 0.6 is 24.0 Å². The summed E-state index contributed by atoms with van der Waals surface area (Å²) in [7, 11) is 0. The van der Waals surface area contributed by atoms with Gasteiger partial charge >= 0.3 is 0 Å². The molecule has 3 aliphatic rings. The number of rotatable bonds is 7. The first-order valence-corrected chi connectivity index (χ1v) is 11.3. The van der Waals surface area contributed by atoms with E-state index in [1.165, 1.54) is 44.3 Å². The lowest BCUT2D eigenvalue weighted by Crippen LogP contribution is -2.44. The molecule has 6 heteroatoms. The summed E-state index contributed by atoms with van der Waals surface area (Å²) in [6.45, 7) is 11.0. The molecule has 5 nitrogen and oxygen atoms in total. The van der Waals surface area contributed by atoms with Gasteiger partial charge in [-0.1, -0.05) is 30.3 Å². The van der Waals surface area contributed by atoms with Crippen molar-refractivity contribution in [2.24, 2.45) is 10.9 Å². The third kappa shape index (κ3) is 6.56. The first kappa shape index (κ1) is 22.8. The zero-order chi connectivity index (χ0) is 19.3. The Morgan fingerprint density at radius 1 is 1.14 bits per heavy atom. The minimum Gasteiger partial charge on any atom is -0.357 e. The number of likely N-dealkylation sites (tertiary alicyclic amines) is 2. The van der Waals surface area contributed by atoms with Crippen LogP contribution in [-0.4, -0.2) is 66.6 Å². The van der Waals surface area contributed by atoms with E-state index < -0.39 is 0 Å². The van der Waals surface area contributed by atoms with Crippen molar-refractivity contribution in [1.82, 2.24) is 20.4 Å². The van der Waals surface area contributed by atoms with Gasteiger partial charge in [-0.3, -0.25) is 9.89 Å². The van der Waals surface area contributed by atoms with Crippen molar-refractivity contribution >= 4 is 29.9 Å². The summed E-state index contributed by atoms with van der Waals surface area (Å²) in [5, 5.41) is 7.18. The number of hydrogen-bond acceptors (Lipinski definition) is 3. The number of aliphatic imine (C=N–C) groups is 1. The second-order valence-corrected chi connectivity index (χ2v) is 8.94. The fourth-order valence-electron chi connectivity index (χ4n) is 4.76. The van der Waals surface area contributed by atoms with E-state index in [0.29, 0.717) is 12.1 Å². The van der Waals surface area contributed by atoms with E-state index in [1.807, 2.05) is 0 Å². The maximum atomic E-state index is 4.96. The van der Waals surface area contributed by atoms with Crippen LogP contribution in [0.1, 0.15) is 45.1 Å². The lowest BCUT2D eigenvalue weighted by atomic mass is 10.1. The van der Waals surface area contributed by atoms with Gasteiger partial charge in [0, 0.05) is 50.8 Å². The maximum Gasteiger partial charge on any atom is 0.191 e. The van der Waals surface area contributed by atoms with Gasteiger partial charge in [-0.15, -0.1) is 24.0 Å². The molecule has 3 fully saturated rings. The van der Waals surface area contributed by atoms with Gasteiger partial charge in [0.15, 0.2) is 5.96 Å². The van der Waals surface area contributed by atoms with Crippen LogP contribution in [0.25, 0.3) is 0 Å². The molecule has 2 aliphatic heterocycles. The molecule has 3 atom stereocenters. The monoisotopic (exact) mass is 511 g/mol. The SMILES string of the molecule is CCNC(=NCC1CCN(C2CC2)C1)NC1CC(C)N(Cc2ccccc2)C1.I. The number of halogens is 1. The van der Waals surface area contributed by atoms with Crippen LogP contribution in [0.5, 0.6) is 0 Å². The van der Waals surface area contributed by atoms with Crippen molar-refractivity contribution in [3.8, 4) is 0 Å². The molecule has 1 aromatic rings. The molecule has 0 radical (unpaired) electrons. The van der Waals surface area contributed by atoms with Crippen LogP contribution in [0.3, 0.4) is 0 Å². The summed E-state index contributed by atoms with van der Waals surface area (Å²) in [6, 6.07) is 12.8. The molecule has 0 spiro atoms. The van der Waals surface area contributed by atoms with Gasteiger partial charge in [-0.25, -0.2) is 0 Å². The molecule has 0 bridgehead atoms. The minimum atomic E-state index is 0. The largest absolute Gasteiger partial charge is 0.357 e. The molecule has 3 unspecified atom stereocenters. The van der Waals surface area contributed by atoms with Crippen molar-refractivity contribution in [3.63, 3.8) is 0 Å². The summed E-state index contributed by atoms with van der Waals surface area (Å²) in [5.41, 5.74) is 1.40.